The Morgan fingerprint density at radius 2 is 2.09 bits per heavy atom. The highest BCUT2D eigenvalue weighted by Crippen LogP contribution is 2.24. The van der Waals surface area contributed by atoms with Crippen LogP contribution in [0.1, 0.15) is 27.8 Å². The number of aryl methyl sites for hydroxylation is 2. The quantitative estimate of drug-likeness (QED) is 0.913. The molecule has 0 saturated heterocycles. The summed E-state index contributed by atoms with van der Waals surface area (Å²) in [5.74, 6) is -0.482. The van der Waals surface area contributed by atoms with Crippen molar-refractivity contribution in [2.75, 3.05) is 11.9 Å². The molecule has 2 N–H and O–H groups in total. The Kier molecular flexibility index (Phi) is 4.44. The van der Waals surface area contributed by atoms with Crippen molar-refractivity contribution in [3.63, 3.8) is 0 Å². The molecule has 120 valence electrons. The first-order valence-corrected chi connectivity index (χ1v) is 7.91. The molecular weight excluding hydrogens is 291 g/mol. The summed E-state index contributed by atoms with van der Waals surface area (Å²) in [7, 11) is 0. The molecule has 23 heavy (non-hydrogen) atoms. The van der Waals surface area contributed by atoms with Crippen LogP contribution in [0, 0.1) is 19.7 Å². The van der Waals surface area contributed by atoms with Crippen LogP contribution in [0.4, 0.5) is 10.1 Å². The number of fused-ring (bicyclic) bond motifs is 1. The molecule has 0 fully saturated rings. The fourth-order valence-electron chi connectivity index (χ4n) is 2.99. The van der Waals surface area contributed by atoms with Gasteiger partial charge in [0.05, 0.1) is 12.1 Å². The third-order valence-electron chi connectivity index (χ3n) is 4.34. The number of hydrogen-bond acceptors (Lipinski definition) is 2. The number of carbonyl (C=O) groups is 1. The molecule has 0 saturated carbocycles. The normalized spacial score (nSPS) is 13.5. The van der Waals surface area contributed by atoms with Crippen molar-refractivity contribution in [3.8, 4) is 0 Å². The SMILES string of the molecule is Cc1ccc(C)c(CC(=O)Nc2ccc3c(c2F)CCNC3)c1. The van der Waals surface area contributed by atoms with E-state index in [-0.39, 0.29) is 23.8 Å². The van der Waals surface area contributed by atoms with Crippen LogP contribution >= 0.6 is 0 Å². The Morgan fingerprint density at radius 3 is 2.91 bits per heavy atom. The predicted molar refractivity (Wildman–Crippen MR) is 90.1 cm³/mol. The lowest BCUT2D eigenvalue weighted by Gasteiger charge is -2.19. The number of benzene rings is 2. The van der Waals surface area contributed by atoms with Crippen LogP contribution in [0.15, 0.2) is 30.3 Å². The standard InChI is InChI=1S/C19H21FN2O/c1-12-3-4-13(2)15(9-12)10-18(23)22-17-6-5-14-11-21-8-7-16(14)19(17)20/h3-6,9,21H,7-8,10-11H2,1-2H3,(H,22,23). The zero-order valence-corrected chi connectivity index (χ0v) is 13.5. The molecular formula is C19H21FN2O. The van der Waals surface area contributed by atoms with E-state index in [1.165, 1.54) is 0 Å². The first kappa shape index (κ1) is 15.7. The van der Waals surface area contributed by atoms with Gasteiger partial charge in [0.15, 0.2) is 0 Å². The minimum Gasteiger partial charge on any atom is -0.323 e. The van der Waals surface area contributed by atoms with Gasteiger partial charge >= 0.3 is 0 Å². The van der Waals surface area contributed by atoms with E-state index in [4.69, 9.17) is 0 Å². The number of amides is 1. The van der Waals surface area contributed by atoms with Crippen molar-refractivity contribution in [2.45, 2.75) is 33.2 Å². The number of anilines is 1. The minimum absolute atomic E-state index is 0.188. The van der Waals surface area contributed by atoms with E-state index in [1.807, 2.05) is 38.1 Å². The minimum atomic E-state index is -0.293. The van der Waals surface area contributed by atoms with Crippen LogP contribution in [-0.4, -0.2) is 12.5 Å². The summed E-state index contributed by atoms with van der Waals surface area (Å²) >= 11 is 0. The maximum atomic E-state index is 14.6. The van der Waals surface area contributed by atoms with Crippen molar-refractivity contribution in [2.24, 2.45) is 0 Å². The monoisotopic (exact) mass is 312 g/mol. The van der Waals surface area contributed by atoms with Gasteiger partial charge in [-0.1, -0.05) is 29.8 Å². The lowest BCUT2D eigenvalue weighted by Crippen LogP contribution is -2.25. The molecule has 1 aliphatic heterocycles. The van der Waals surface area contributed by atoms with Crippen LogP contribution in [-0.2, 0) is 24.2 Å². The third-order valence-corrected chi connectivity index (χ3v) is 4.34. The Morgan fingerprint density at radius 1 is 1.26 bits per heavy atom. The van der Waals surface area contributed by atoms with Gasteiger partial charge in [-0.15, -0.1) is 0 Å². The molecule has 4 heteroatoms. The molecule has 0 atom stereocenters. The van der Waals surface area contributed by atoms with E-state index in [0.29, 0.717) is 18.5 Å². The van der Waals surface area contributed by atoms with Crippen LogP contribution in [0.3, 0.4) is 0 Å². The molecule has 0 unspecified atom stereocenters. The predicted octanol–water partition coefficient (Wildman–Crippen LogP) is 3.27. The number of nitrogens with one attached hydrogen (secondary N) is 2. The van der Waals surface area contributed by atoms with Crippen LogP contribution in [0.25, 0.3) is 0 Å². The second kappa shape index (κ2) is 6.50. The van der Waals surface area contributed by atoms with Gasteiger partial charge in [-0.05, 0) is 55.1 Å². The van der Waals surface area contributed by atoms with E-state index in [9.17, 15) is 9.18 Å². The smallest absolute Gasteiger partial charge is 0.228 e. The average Bonchev–Trinajstić information content (AvgIpc) is 2.54. The van der Waals surface area contributed by atoms with Crippen LogP contribution in [0.5, 0.6) is 0 Å². The van der Waals surface area contributed by atoms with Gasteiger partial charge in [-0.2, -0.15) is 0 Å². The number of rotatable bonds is 3. The molecule has 1 aliphatic rings. The molecule has 3 nitrogen and oxygen atoms in total. The van der Waals surface area contributed by atoms with Gasteiger partial charge in [0.1, 0.15) is 5.82 Å². The first-order chi connectivity index (χ1) is 11.0. The van der Waals surface area contributed by atoms with Crippen molar-refractivity contribution >= 4 is 11.6 Å². The molecule has 0 bridgehead atoms. The van der Waals surface area contributed by atoms with Gasteiger partial charge in [-0.3, -0.25) is 4.79 Å². The number of halogens is 1. The summed E-state index contributed by atoms with van der Waals surface area (Å²) in [5, 5.41) is 5.94. The molecule has 0 aromatic heterocycles. The zero-order chi connectivity index (χ0) is 16.4. The highest BCUT2D eigenvalue weighted by Gasteiger charge is 2.17. The summed E-state index contributed by atoms with van der Waals surface area (Å²) < 4.78 is 14.6. The summed E-state index contributed by atoms with van der Waals surface area (Å²) in [6, 6.07) is 9.57. The highest BCUT2D eigenvalue weighted by atomic mass is 19.1. The maximum absolute atomic E-state index is 14.6. The number of carbonyl (C=O) groups excluding carboxylic acids is 1. The average molecular weight is 312 g/mol. The van der Waals surface area contributed by atoms with Crippen molar-refractivity contribution in [1.82, 2.24) is 5.32 Å². The van der Waals surface area contributed by atoms with E-state index in [1.54, 1.807) is 6.07 Å². The Hall–Kier alpha value is -2.20. The Labute approximate surface area is 135 Å². The molecule has 1 amide bonds. The molecule has 0 aliphatic carbocycles. The lowest BCUT2D eigenvalue weighted by atomic mass is 9.99. The Balaban J connectivity index is 1.77. The molecule has 2 aromatic carbocycles. The van der Waals surface area contributed by atoms with Gasteiger partial charge < -0.3 is 10.6 Å². The largest absolute Gasteiger partial charge is 0.323 e. The molecule has 0 radical (unpaired) electrons. The number of hydrogen-bond donors (Lipinski definition) is 2. The van der Waals surface area contributed by atoms with Gasteiger partial charge in [0.25, 0.3) is 0 Å². The summed E-state index contributed by atoms with van der Waals surface area (Å²) in [4.78, 5) is 12.3. The summed E-state index contributed by atoms with van der Waals surface area (Å²) in [6.07, 6.45) is 0.910. The summed E-state index contributed by atoms with van der Waals surface area (Å²) in [5.41, 5.74) is 5.13. The lowest BCUT2D eigenvalue weighted by molar-refractivity contribution is -0.115. The van der Waals surface area contributed by atoms with Gasteiger partial charge in [0, 0.05) is 6.54 Å². The van der Waals surface area contributed by atoms with Crippen LogP contribution < -0.4 is 10.6 Å². The van der Waals surface area contributed by atoms with Crippen molar-refractivity contribution < 1.29 is 9.18 Å². The second-order valence-corrected chi connectivity index (χ2v) is 6.15. The molecule has 1 heterocycles. The summed E-state index contributed by atoms with van der Waals surface area (Å²) in [6.45, 7) is 5.43. The fourth-order valence-corrected chi connectivity index (χ4v) is 2.99. The van der Waals surface area contributed by atoms with E-state index in [2.05, 4.69) is 10.6 Å². The Bertz CT molecular complexity index is 755. The molecule has 2 aromatic rings. The van der Waals surface area contributed by atoms with Crippen molar-refractivity contribution in [1.29, 1.82) is 0 Å². The second-order valence-electron chi connectivity index (χ2n) is 6.15. The molecule has 0 spiro atoms. The van der Waals surface area contributed by atoms with Crippen LogP contribution in [0.2, 0.25) is 0 Å². The third kappa shape index (κ3) is 3.42. The van der Waals surface area contributed by atoms with E-state index >= 15 is 0 Å². The van der Waals surface area contributed by atoms with Gasteiger partial charge in [-0.25, -0.2) is 4.39 Å². The first-order valence-electron chi connectivity index (χ1n) is 7.91. The fraction of sp³-hybridized carbons (Fsp3) is 0.316. The molecule has 3 rings (SSSR count). The highest BCUT2D eigenvalue weighted by molar-refractivity contribution is 5.92. The maximum Gasteiger partial charge on any atom is 0.228 e. The van der Waals surface area contributed by atoms with Crippen molar-refractivity contribution in [3.05, 3.63) is 64.0 Å². The van der Waals surface area contributed by atoms with Gasteiger partial charge in [0.2, 0.25) is 5.91 Å². The topological polar surface area (TPSA) is 41.1 Å². The van der Waals surface area contributed by atoms with E-state index in [0.717, 1.165) is 28.8 Å². The zero-order valence-electron chi connectivity index (χ0n) is 13.5. The van der Waals surface area contributed by atoms with E-state index < -0.39 is 0 Å².